The zero-order valence-corrected chi connectivity index (χ0v) is 14.2. The number of amides is 1. The second-order valence-electron chi connectivity index (χ2n) is 5.32. The van der Waals surface area contributed by atoms with Crippen molar-refractivity contribution in [2.75, 3.05) is 11.9 Å². The molecule has 0 fully saturated rings. The topological polar surface area (TPSA) is 98.5 Å². The van der Waals surface area contributed by atoms with Crippen LogP contribution in [-0.2, 0) is 9.53 Å². The van der Waals surface area contributed by atoms with E-state index in [-0.39, 0.29) is 5.82 Å². The van der Waals surface area contributed by atoms with E-state index in [4.69, 9.17) is 16.3 Å². The molecule has 25 heavy (non-hydrogen) atoms. The number of aromatic nitrogens is 4. The van der Waals surface area contributed by atoms with Crippen LogP contribution in [0, 0.1) is 13.8 Å². The lowest BCUT2D eigenvalue weighted by atomic mass is 10.3. The summed E-state index contributed by atoms with van der Waals surface area (Å²) in [6, 6.07) is 8.38. The van der Waals surface area contributed by atoms with Gasteiger partial charge in [0.15, 0.2) is 6.61 Å². The smallest absolute Gasteiger partial charge is 0.378 e. The number of benzene rings is 1. The molecule has 2 aromatic heterocycles. The molecule has 8 nitrogen and oxygen atoms in total. The lowest BCUT2D eigenvalue weighted by molar-refractivity contribution is -0.119. The Balaban J connectivity index is 1.63. The molecule has 0 atom stereocenters. The molecule has 1 N–H and O–H groups in total. The summed E-state index contributed by atoms with van der Waals surface area (Å²) in [7, 11) is 0. The predicted octanol–water partition coefficient (Wildman–Crippen LogP) is 2.19. The van der Waals surface area contributed by atoms with Gasteiger partial charge in [-0.3, -0.25) is 4.79 Å². The van der Waals surface area contributed by atoms with Gasteiger partial charge >= 0.3 is 5.97 Å². The van der Waals surface area contributed by atoms with Gasteiger partial charge in [0, 0.05) is 22.1 Å². The maximum absolute atomic E-state index is 12.0. The highest BCUT2D eigenvalue weighted by Gasteiger charge is 2.17. The minimum absolute atomic E-state index is 0.152. The number of hydrogen-bond donors (Lipinski definition) is 1. The van der Waals surface area contributed by atoms with Crippen LogP contribution in [0.15, 0.2) is 30.3 Å². The summed E-state index contributed by atoms with van der Waals surface area (Å²) in [6.07, 6.45) is 0. The molecule has 0 aliphatic rings. The van der Waals surface area contributed by atoms with Crippen LogP contribution in [0.2, 0.25) is 5.02 Å². The molecular formula is C16H14ClN5O3. The Labute approximate surface area is 147 Å². The Morgan fingerprint density at radius 3 is 2.64 bits per heavy atom. The molecule has 0 saturated heterocycles. The second kappa shape index (κ2) is 6.86. The lowest BCUT2D eigenvalue weighted by Crippen LogP contribution is -2.21. The van der Waals surface area contributed by atoms with Gasteiger partial charge in [0.2, 0.25) is 0 Å². The summed E-state index contributed by atoms with van der Waals surface area (Å²) >= 11 is 5.77. The lowest BCUT2D eigenvalue weighted by Gasteiger charge is -2.05. The number of anilines is 1. The number of halogens is 1. The van der Waals surface area contributed by atoms with Gasteiger partial charge in [0.25, 0.3) is 17.5 Å². The monoisotopic (exact) mass is 359 g/mol. The van der Waals surface area contributed by atoms with Gasteiger partial charge in [0.05, 0.1) is 0 Å². The van der Waals surface area contributed by atoms with E-state index in [0.717, 1.165) is 11.4 Å². The van der Waals surface area contributed by atoms with Crippen LogP contribution in [0.25, 0.3) is 5.78 Å². The number of aryl methyl sites for hydroxylation is 2. The van der Waals surface area contributed by atoms with E-state index < -0.39 is 18.5 Å². The second-order valence-corrected chi connectivity index (χ2v) is 5.75. The van der Waals surface area contributed by atoms with E-state index >= 15 is 0 Å². The van der Waals surface area contributed by atoms with Crippen molar-refractivity contribution in [1.29, 1.82) is 0 Å². The number of hydrogen-bond acceptors (Lipinski definition) is 6. The molecule has 1 amide bonds. The van der Waals surface area contributed by atoms with Gasteiger partial charge in [0.1, 0.15) is 0 Å². The first kappa shape index (κ1) is 16.8. The Bertz CT molecular complexity index is 952. The Hall–Kier alpha value is -3.00. The Morgan fingerprint density at radius 1 is 1.20 bits per heavy atom. The van der Waals surface area contributed by atoms with Crippen LogP contribution >= 0.6 is 11.6 Å². The summed E-state index contributed by atoms with van der Waals surface area (Å²) in [4.78, 5) is 32.1. The molecule has 0 unspecified atom stereocenters. The SMILES string of the molecule is Cc1cc(C)n2nc(C(=O)OCC(=O)Nc3ccc(Cl)cc3)nc2n1. The number of carbonyl (C=O) groups excluding carboxylic acids is 2. The first-order valence-corrected chi connectivity index (χ1v) is 7.74. The highest BCUT2D eigenvalue weighted by Crippen LogP contribution is 2.13. The summed E-state index contributed by atoms with van der Waals surface area (Å²) in [5.74, 6) is -1.13. The van der Waals surface area contributed by atoms with Crippen molar-refractivity contribution < 1.29 is 14.3 Å². The van der Waals surface area contributed by atoms with Crippen molar-refractivity contribution in [3.8, 4) is 0 Å². The molecule has 128 valence electrons. The number of fused-ring (bicyclic) bond motifs is 1. The molecule has 0 spiro atoms. The van der Waals surface area contributed by atoms with Crippen LogP contribution in [0.3, 0.4) is 0 Å². The zero-order chi connectivity index (χ0) is 18.0. The zero-order valence-electron chi connectivity index (χ0n) is 13.5. The molecule has 3 aromatic rings. The van der Waals surface area contributed by atoms with Gasteiger partial charge < -0.3 is 10.1 Å². The van der Waals surface area contributed by atoms with Crippen molar-refractivity contribution in [2.45, 2.75) is 13.8 Å². The summed E-state index contributed by atoms with van der Waals surface area (Å²) < 4.78 is 6.38. The normalized spacial score (nSPS) is 10.7. The van der Waals surface area contributed by atoms with E-state index in [1.165, 1.54) is 4.52 Å². The average Bonchev–Trinajstić information content (AvgIpc) is 2.99. The van der Waals surface area contributed by atoms with E-state index in [9.17, 15) is 9.59 Å². The quantitative estimate of drug-likeness (QED) is 0.717. The Morgan fingerprint density at radius 2 is 1.92 bits per heavy atom. The number of esters is 1. The van der Waals surface area contributed by atoms with Crippen LogP contribution in [0.5, 0.6) is 0 Å². The summed E-state index contributed by atoms with van der Waals surface area (Å²) in [5.41, 5.74) is 2.10. The van der Waals surface area contributed by atoms with Crippen molar-refractivity contribution in [3.05, 3.63) is 52.6 Å². The fraction of sp³-hybridized carbons (Fsp3) is 0.188. The molecule has 0 radical (unpaired) electrons. The maximum Gasteiger partial charge on any atom is 0.378 e. The molecular weight excluding hydrogens is 346 g/mol. The number of nitrogens with one attached hydrogen (secondary N) is 1. The van der Waals surface area contributed by atoms with Crippen molar-refractivity contribution in [1.82, 2.24) is 19.6 Å². The van der Waals surface area contributed by atoms with E-state index in [1.807, 2.05) is 19.9 Å². The molecule has 0 aliphatic carbocycles. The van der Waals surface area contributed by atoms with Crippen molar-refractivity contribution >= 4 is 34.9 Å². The Kier molecular flexibility index (Phi) is 4.62. The molecule has 9 heteroatoms. The molecule has 3 rings (SSSR count). The van der Waals surface area contributed by atoms with Crippen molar-refractivity contribution in [2.24, 2.45) is 0 Å². The summed E-state index contributed by atoms with van der Waals surface area (Å²) in [5, 5.41) is 7.19. The first-order valence-electron chi connectivity index (χ1n) is 7.36. The van der Waals surface area contributed by atoms with Gasteiger partial charge in [-0.1, -0.05) is 11.6 Å². The molecule has 0 saturated carbocycles. The van der Waals surface area contributed by atoms with Crippen LogP contribution in [-0.4, -0.2) is 38.1 Å². The molecule has 0 bridgehead atoms. The minimum atomic E-state index is -0.797. The van der Waals surface area contributed by atoms with E-state index in [0.29, 0.717) is 16.5 Å². The fourth-order valence-corrected chi connectivity index (χ4v) is 2.30. The number of carbonyl (C=O) groups is 2. The third kappa shape index (κ3) is 3.92. The first-order chi connectivity index (χ1) is 11.9. The molecule has 1 aromatic carbocycles. The highest BCUT2D eigenvalue weighted by molar-refractivity contribution is 6.30. The highest BCUT2D eigenvalue weighted by atomic mass is 35.5. The number of ether oxygens (including phenoxy) is 1. The third-order valence-electron chi connectivity index (χ3n) is 3.26. The standard InChI is InChI=1S/C16H14ClN5O3/c1-9-7-10(2)22-16(18-9)20-14(21-22)15(24)25-8-13(23)19-12-5-3-11(17)4-6-12/h3-7H,8H2,1-2H3,(H,19,23). The van der Waals surface area contributed by atoms with E-state index in [1.54, 1.807) is 24.3 Å². The predicted molar refractivity (Wildman–Crippen MR) is 90.6 cm³/mol. The fourth-order valence-electron chi connectivity index (χ4n) is 2.18. The number of rotatable bonds is 4. The minimum Gasteiger partial charge on any atom is -0.450 e. The molecule has 0 aliphatic heterocycles. The number of nitrogens with zero attached hydrogens (tertiary/aromatic N) is 4. The maximum atomic E-state index is 12.0. The van der Waals surface area contributed by atoms with Gasteiger partial charge in [-0.2, -0.15) is 4.98 Å². The van der Waals surface area contributed by atoms with Gasteiger partial charge in [-0.05, 0) is 44.2 Å². The summed E-state index contributed by atoms with van der Waals surface area (Å²) in [6.45, 7) is 3.19. The van der Waals surface area contributed by atoms with Crippen LogP contribution in [0.1, 0.15) is 22.0 Å². The van der Waals surface area contributed by atoms with Gasteiger partial charge in [-0.25, -0.2) is 14.3 Å². The van der Waals surface area contributed by atoms with Crippen LogP contribution in [0.4, 0.5) is 5.69 Å². The van der Waals surface area contributed by atoms with Gasteiger partial charge in [-0.15, -0.1) is 5.10 Å². The average molecular weight is 360 g/mol. The van der Waals surface area contributed by atoms with Crippen LogP contribution < -0.4 is 5.32 Å². The largest absolute Gasteiger partial charge is 0.450 e. The van der Waals surface area contributed by atoms with E-state index in [2.05, 4.69) is 20.4 Å². The van der Waals surface area contributed by atoms with Crippen molar-refractivity contribution in [3.63, 3.8) is 0 Å². The molecule has 2 heterocycles. The third-order valence-corrected chi connectivity index (χ3v) is 3.52.